The number of rotatable bonds is 22. The first kappa shape index (κ1) is 27.9. The zero-order chi connectivity index (χ0) is 21.4. The van der Waals surface area contributed by atoms with Crippen LogP contribution in [-0.4, -0.2) is 11.1 Å². The van der Waals surface area contributed by atoms with Crippen molar-refractivity contribution in [1.82, 2.24) is 0 Å². The van der Waals surface area contributed by atoms with E-state index in [0.29, 0.717) is 0 Å². The largest absolute Gasteiger partial charge is 0.481 e. The van der Waals surface area contributed by atoms with E-state index < -0.39 is 5.97 Å². The van der Waals surface area contributed by atoms with Gasteiger partial charge in [0.25, 0.3) is 0 Å². The summed E-state index contributed by atoms with van der Waals surface area (Å²) in [5.74, 6) is 0.183. The second-order valence-electron chi connectivity index (χ2n) is 9.02. The van der Waals surface area contributed by atoms with Gasteiger partial charge in [-0.2, -0.15) is 0 Å². The Hall–Kier alpha value is -1.05. The molecule has 29 heavy (non-hydrogen) atoms. The summed E-state index contributed by atoms with van der Waals surface area (Å²) in [6.07, 6.45) is 32.7. The molecule has 0 unspecified atom stereocenters. The van der Waals surface area contributed by atoms with Crippen LogP contribution in [0.4, 0.5) is 0 Å². The van der Waals surface area contributed by atoms with Crippen molar-refractivity contribution in [3.63, 3.8) is 0 Å². The molecule has 1 N–H and O–H groups in total. The molecule has 0 aromatic carbocycles. The third-order valence-electron chi connectivity index (χ3n) is 5.50. The summed E-state index contributed by atoms with van der Waals surface area (Å²) >= 11 is 0. The molecule has 0 atom stereocenters. The van der Waals surface area contributed by atoms with Gasteiger partial charge in [0, 0.05) is 6.42 Å². The Morgan fingerprint density at radius 3 is 1.41 bits per heavy atom. The Balaban J connectivity index is 3.15. The van der Waals surface area contributed by atoms with Gasteiger partial charge in [0.05, 0.1) is 0 Å². The minimum Gasteiger partial charge on any atom is -0.481 e. The fraction of sp³-hybridized carbons (Fsp3) is 0.815. The minimum absolute atomic E-state index is 0.281. The van der Waals surface area contributed by atoms with E-state index >= 15 is 0 Å². The highest BCUT2D eigenvalue weighted by Crippen LogP contribution is 2.14. The highest BCUT2D eigenvalue weighted by atomic mass is 16.4. The molecule has 0 heterocycles. The second kappa shape index (κ2) is 23.2. The number of carboxylic acids is 1. The van der Waals surface area contributed by atoms with Crippen LogP contribution in [0.3, 0.4) is 0 Å². The van der Waals surface area contributed by atoms with E-state index in [0.717, 1.165) is 31.6 Å². The smallest absolute Gasteiger partial charge is 0.303 e. The van der Waals surface area contributed by atoms with Crippen LogP contribution in [0.2, 0.25) is 0 Å². The van der Waals surface area contributed by atoms with Crippen molar-refractivity contribution >= 4 is 5.97 Å². The Bertz CT molecular complexity index is 395. The van der Waals surface area contributed by atoms with Crippen LogP contribution in [0, 0.1) is 5.92 Å². The van der Waals surface area contributed by atoms with Crippen LogP contribution in [0.5, 0.6) is 0 Å². The summed E-state index contributed by atoms with van der Waals surface area (Å²) in [5.41, 5.74) is 0. The van der Waals surface area contributed by atoms with E-state index in [9.17, 15) is 4.79 Å². The van der Waals surface area contributed by atoms with Gasteiger partial charge in [-0.3, -0.25) is 4.79 Å². The normalized spacial score (nSPS) is 12.0. The van der Waals surface area contributed by atoms with E-state index in [1.54, 1.807) is 0 Å². The molecular formula is C27H50O2. The molecule has 0 bridgehead atoms. The van der Waals surface area contributed by atoms with Gasteiger partial charge in [0.15, 0.2) is 0 Å². The van der Waals surface area contributed by atoms with Crippen LogP contribution >= 0.6 is 0 Å². The number of carboxylic acid groups (broad SMARTS) is 1. The topological polar surface area (TPSA) is 37.3 Å². The van der Waals surface area contributed by atoms with Crippen molar-refractivity contribution in [1.29, 1.82) is 0 Å². The van der Waals surface area contributed by atoms with Crippen LogP contribution < -0.4 is 0 Å². The van der Waals surface area contributed by atoms with E-state index in [-0.39, 0.29) is 6.42 Å². The van der Waals surface area contributed by atoms with Crippen molar-refractivity contribution in [3.05, 3.63) is 24.3 Å². The Labute approximate surface area is 182 Å². The molecule has 0 aliphatic heterocycles. The zero-order valence-corrected chi connectivity index (χ0v) is 19.7. The SMILES string of the molecule is CC(C)CCCCCCCCCCCCCCC=CCCC=CCCCC(=O)O. The summed E-state index contributed by atoms with van der Waals surface area (Å²) in [6, 6.07) is 0. The monoisotopic (exact) mass is 406 g/mol. The molecule has 0 fully saturated rings. The van der Waals surface area contributed by atoms with E-state index in [4.69, 9.17) is 5.11 Å². The molecule has 2 nitrogen and oxygen atoms in total. The fourth-order valence-electron chi connectivity index (χ4n) is 3.62. The molecule has 0 saturated carbocycles. The fourth-order valence-corrected chi connectivity index (χ4v) is 3.62. The van der Waals surface area contributed by atoms with E-state index in [1.165, 1.54) is 89.9 Å². The van der Waals surface area contributed by atoms with Gasteiger partial charge in [-0.15, -0.1) is 0 Å². The van der Waals surface area contributed by atoms with Crippen LogP contribution in [0.1, 0.15) is 136 Å². The Morgan fingerprint density at radius 1 is 0.586 bits per heavy atom. The zero-order valence-electron chi connectivity index (χ0n) is 19.7. The van der Waals surface area contributed by atoms with Gasteiger partial charge < -0.3 is 5.11 Å². The molecule has 0 aromatic heterocycles. The summed E-state index contributed by atoms with van der Waals surface area (Å²) < 4.78 is 0. The third-order valence-corrected chi connectivity index (χ3v) is 5.50. The molecule has 0 spiro atoms. The van der Waals surface area contributed by atoms with Crippen LogP contribution in [0.15, 0.2) is 24.3 Å². The molecule has 0 radical (unpaired) electrons. The van der Waals surface area contributed by atoms with Crippen LogP contribution in [-0.2, 0) is 4.79 Å². The Morgan fingerprint density at radius 2 is 0.966 bits per heavy atom. The number of hydrogen-bond acceptors (Lipinski definition) is 1. The maximum Gasteiger partial charge on any atom is 0.303 e. The van der Waals surface area contributed by atoms with Crippen molar-refractivity contribution in [3.8, 4) is 0 Å². The maximum absolute atomic E-state index is 10.4. The minimum atomic E-state index is -0.695. The lowest BCUT2D eigenvalue weighted by Gasteiger charge is -2.04. The number of unbranched alkanes of at least 4 members (excludes halogenated alkanes) is 14. The number of carbonyl (C=O) groups is 1. The number of hydrogen-bond donors (Lipinski definition) is 1. The molecule has 0 aliphatic rings. The summed E-state index contributed by atoms with van der Waals surface area (Å²) in [6.45, 7) is 4.65. The van der Waals surface area contributed by atoms with Gasteiger partial charge in [0.1, 0.15) is 0 Å². The average molecular weight is 407 g/mol. The highest BCUT2D eigenvalue weighted by molar-refractivity contribution is 5.66. The van der Waals surface area contributed by atoms with E-state index in [2.05, 4.69) is 38.2 Å². The lowest BCUT2D eigenvalue weighted by atomic mass is 10.0. The first-order valence-corrected chi connectivity index (χ1v) is 12.6. The van der Waals surface area contributed by atoms with Gasteiger partial charge >= 0.3 is 5.97 Å². The average Bonchev–Trinajstić information content (AvgIpc) is 2.68. The summed E-state index contributed by atoms with van der Waals surface area (Å²) in [4.78, 5) is 10.4. The van der Waals surface area contributed by atoms with Gasteiger partial charge in [-0.25, -0.2) is 0 Å². The quantitative estimate of drug-likeness (QED) is 0.144. The molecular weight excluding hydrogens is 356 g/mol. The lowest BCUT2D eigenvalue weighted by Crippen LogP contribution is -1.92. The first-order chi connectivity index (χ1) is 14.1. The molecule has 0 amide bonds. The van der Waals surface area contributed by atoms with E-state index in [1.807, 2.05) is 0 Å². The van der Waals surface area contributed by atoms with Gasteiger partial charge in [0.2, 0.25) is 0 Å². The predicted octanol–water partition coefficient (Wildman–Crippen LogP) is 9.25. The Kier molecular flexibility index (Phi) is 22.4. The van der Waals surface area contributed by atoms with Crippen molar-refractivity contribution in [2.45, 2.75) is 136 Å². The number of allylic oxidation sites excluding steroid dienone is 4. The highest BCUT2D eigenvalue weighted by Gasteiger charge is 1.96. The van der Waals surface area contributed by atoms with Crippen molar-refractivity contribution in [2.24, 2.45) is 5.92 Å². The van der Waals surface area contributed by atoms with Crippen LogP contribution in [0.25, 0.3) is 0 Å². The summed E-state index contributed by atoms with van der Waals surface area (Å²) in [7, 11) is 0. The van der Waals surface area contributed by atoms with Gasteiger partial charge in [-0.1, -0.05) is 115 Å². The molecule has 0 aromatic rings. The molecule has 170 valence electrons. The predicted molar refractivity (Wildman–Crippen MR) is 128 cm³/mol. The molecule has 0 aliphatic carbocycles. The second-order valence-corrected chi connectivity index (χ2v) is 9.02. The number of aliphatic carboxylic acids is 1. The maximum atomic E-state index is 10.4. The molecule has 2 heteroatoms. The third kappa shape index (κ3) is 26.9. The first-order valence-electron chi connectivity index (χ1n) is 12.6. The molecule has 0 saturated heterocycles. The van der Waals surface area contributed by atoms with Crippen molar-refractivity contribution < 1.29 is 9.90 Å². The molecule has 0 rings (SSSR count). The standard InChI is InChI=1S/C27H50O2/c1-26(2)24-22-20-18-16-14-12-10-8-6-4-3-5-7-9-11-13-15-17-19-21-23-25-27(28)29/h9,11,17,19,26H,3-8,10,12-16,18,20-25H2,1-2H3,(H,28,29). The van der Waals surface area contributed by atoms with Gasteiger partial charge in [-0.05, 0) is 44.4 Å². The lowest BCUT2D eigenvalue weighted by molar-refractivity contribution is -0.137. The van der Waals surface area contributed by atoms with Crippen molar-refractivity contribution in [2.75, 3.05) is 0 Å². The summed E-state index contributed by atoms with van der Waals surface area (Å²) in [5, 5.41) is 8.56.